The number of nitrogen functional groups attached to an aromatic ring is 1. The van der Waals surface area contributed by atoms with Crippen LogP contribution < -0.4 is 5.73 Å². The Labute approximate surface area is 113 Å². The van der Waals surface area contributed by atoms with E-state index in [9.17, 15) is 0 Å². The van der Waals surface area contributed by atoms with Gasteiger partial charge in [0.1, 0.15) is 5.52 Å². The quantitative estimate of drug-likeness (QED) is 0.877. The van der Waals surface area contributed by atoms with E-state index in [1.807, 2.05) is 6.07 Å². The Balaban J connectivity index is 2.18. The number of aromatic nitrogens is 3. The third-order valence-electron chi connectivity index (χ3n) is 3.60. The Morgan fingerprint density at radius 3 is 2.89 bits per heavy atom. The number of anilines is 1. The molecule has 2 aromatic rings. The summed E-state index contributed by atoms with van der Waals surface area (Å²) in [5, 5.41) is 0. The normalized spacial score (nSPS) is 19.2. The van der Waals surface area contributed by atoms with E-state index in [2.05, 4.69) is 37.4 Å². The number of hydrogen-bond donors (Lipinski definition) is 1. The second kappa shape index (κ2) is 4.20. The molecule has 0 amide bonds. The highest BCUT2D eigenvalue weighted by atomic mass is 79.9. The number of halogens is 1. The van der Waals surface area contributed by atoms with Crippen LogP contribution in [0.4, 0.5) is 5.95 Å². The fourth-order valence-corrected chi connectivity index (χ4v) is 2.84. The summed E-state index contributed by atoms with van der Waals surface area (Å²) in [6, 6.07) is 1.94. The summed E-state index contributed by atoms with van der Waals surface area (Å²) >= 11 is 3.40. The van der Waals surface area contributed by atoms with Gasteiger partial charge in [-0.2, -0.15) is 0 Å². The summed E-state index contributed by atoms with van der Waals surface area (Å²) in [5.41, 5.74) is 7.69. The minimum atomic E-state index is -0.0576. The topological polar surface area (TPSA) is 66.0 Å². The Bertz CT molecular complexity index is 589. The molecule has 0 aliphatic carbocycles. The zero-order valence-corrected chi connectivity index (χ0v) is 11.8. The number of pyridine rings is 1. The van der Waals surface area contributed by atoms with Crippen LogP contribution in [0.5, 0.6) is 0 Å². The molecule has 5 nitrogen and oxygen atoms in total. The Kier molecular flexibility index (Phi) is 2.79. The molecule has 0 spiro atoms. The van der Waals surface area contributed by atoms with Crippen molar-refractivity contribution in [1.29, 1.82) is 0 Å². The molecule has 1 fully saturated rings. The molecule has 1 aliphatic heterocycles. The average Bonchev–Trinajstić information content (AvgIpc) is 2.65. The molecule has 3 heterocycles. The molecule has 0 aromatic carbocycles. The zero-order chi connectivity index (χ0) is 12.8. The van der Waals surface area contributed by atoms with Crippen molar-refractivity contribution < 1.29 is 4.74 Å². The highest BCUT2D eigenvalue weighted by Gasteiger charge is 2.32. The molecular weight excluding hydrogens is 296 g/mol. The molecule has 1 aliphatic rings. The van der Waals surface area contributed by atoms with E-state index in [0.717, 1.165) is 41.7 Å². The number of nitrogens with two attached hydrogens (primary N) is 1. The van der Waals surface area contributed by atoms with Crippen LogP contribution >= 0.6 is 15.9 Å². The monoisotopic (exact) mass is 310 g/mol. The summed E-state index contributed by atoms with van der Waals surface area (Å²) in [7, 11) is 0. The first-order valence-electron chi connectivity index (χ1n) is 5.98. The largest absolute Gasteiger partial charge is 0.381 e. The fourth-order valence-electron chi connectivity index (χ4n) is 2.52. The number of rotatable bonds is 1. The van der Waals surface area contributed by atoms with Gasteiger partial charge in [0.15, 0.2) is 5.65 Å². The van der Waals surface area contributed by atoms with Crippen LogP contribution in [0.1, 0.15) is 19.8 Å². The summed E-state index contributed by atoms with van der Waals surface area (Å²) in [5.74, 6) is 0.528. The van der Waals surface area contributed by atoms with E-state index < -0.39 is 0 Å². The standard InChI is InChI=1S/C12H15BrN4O/c1-12(2-4-18-5-3-12)17-10-9(16-11(17)14)6-8(13)7-15-10/h6-7H,2-5H2,1H3,(H2,14,16). The number of hydrogen-bond acceptors (Lipinski definition) is 4. The Morgan fingerprint density at radius 1 is 1.44 bits per heavy atom. The summed E-state index contributed by atoms with van der Waals surface area (Å²) in [4.78, 5) is 8.86. The first-order chi connectivity index (χ1) is 8.60. The Morgan fingerprint density at radius 2 is 2.17 bits per heavy atom. The molecule has 2 N–H and O–H groups in total. The third-order valence-corrected chi connectivity index (χ3v) is 4.03. The molecule has 3 rings (SSSR count). The lowest BCUT2D eigenvalue weighted by Crippen LogP contribution is -2.37. The second-order valence-electron chi connectivity index (χ2n) is 4.91. The first kappa shape index (κ1) is 11.9. The predicted octanol–water partition coefficient (Wildman–Crippen LogP) is 2.30. The lowest BCUT2D eigenvalue weighted by atomic mass is 9.92. The average molecular weight is 311 g/mol. The van der Waals surface area contributed by atoms with Gasteiger partial charge in [0.05, 0.1) is 5.54 Å². The summed E-state index contributed by atoms with van der Waals surface area (Å²) in [6.45, 7) is 3.70. The number of ether oxygens (including phenoxy) is 1. The highest BCUT2D eigenvalue weighted by molar-refractivity contribution is 9.10. The molecule has 0 saturated carbocycles. The molecule has 6 heteroatoms. The maximum Gasteiger partial charge on any atom is 0.202 e. The number of nitrogens with zero attached hydrogens (tertiary/aromatic N) is 3. The van der Waals surface area contributed by atoms with E-state index in [4.69, 9.17) is 10.5 Å². The second-order valence-corrected chi connectivity index (χ2v) is 5.83. The van der Waals surface area contributed by atoms with Crippen molar-refractivity contribution in [3.05, 3.63) is 16.7 Å². The van der Waals surface area contributed by atoms with Crippen LogP contribution in [0.15, 0.2) is 16.7 Å². The van der Waals surface area contributed by atoms with Gasteiger partial charge in [0.2, 0.25) is 5.95 Å². The van der Waals surface area contributed by atoms with Crippen LogP contribution in [-0.2, 0) is 10.3 Å². The summed E-state index contributed by atoms with van der Waals surface area (Å²) < 4.78 is 8.40. The van der Waals surface area contributed by atoms with Crippen molar-refractivity contribution in [2.45, 2.75) is 25.3 Å². The van der Waals surface area contributed by atoms with Crippen molar-refractivity contribution in [3.63, 3.8) is 0 Å². The Hall–Kier alpha value is -1.14. The lowest BCUT2D eigenvalue weighted by Gasteiger charge is -2.35. The molecule has 96 valence electrons. The number of fused-ring (bicyclic) bond motifs is 1. The van der Waals surface area contributed by atoms with Gasteiger partial charge in [-0.05, 0) is 41.8 Å². The van der Waals surface area contributed by atoms with Crippen LogP contribution in [0.25, 0.3) is 11.2 Å². The van der Waals surface area contributed by atoms with E-state index in [1.165, 1.54) is 0 Å². The molecule has 18 heavy (non-hydrogen) atoms. The minimum absolute atomic E-state index is 0.0576. The molecule has 0 bridgehead atoms. The lowest BCUT2D eigenvalue weighted by molar-refractivity contribution is 0.0318. The van der Waals surface area contributed by atoms with Crippen molar-refractivity contribution in [1.82, 2.24) is 14.5 Å². The molecule has 0 atom stereocenters. The SMILES string of the molecule is CC1(n2c(N)nc3cc(Br)cnc32)CCOCC1. The van der Waals surface area contributed by atoms with Crippen molar-refractivity contribution in [2.75, 3.05) is 18.9 Å². The van der Waals surface area contributed by atoms with E-state index in [-0.39, 0.29) is 5.54 Å². The maximum absolute atomic E-state index is 6.08. The van der Waals surface area contributed by atoms with Crippen molar-refractivity contribution in [2.24, 2.45) is 0 Å². The van der Waals surface area contributed by atoms with Crippen molar-refractivity contribution in [3.8, 4) is 0 Å². The molecular formula is C12H15BrN4O. The zero-order valence-electron chi connectivity index (χ0n) is 10.2. The smallest absolute Gasteiger partial charge is 0.202 e. The maximum atomic E-state index is 6.08. The number of imidazole rings is 1. The highest BCUT2D eigenvalue weighted by Crippen LogP contribution is 2.34. The van der Waals surface area contributed by atoms with Crippen LogP contribution in [0.2, 0.25) is 0 Å². The van der Waals surface area contributed by atoms with E-state index in [0.29, 0.717) is 5.95 Å². The van der Waals surface area contributed by atoms with Gasteiger partial charge in [0, 0.05) is 23.9 Å². The van der Waals surface area contributed by atoms with E-state index >= 15 is 0 Å². The molecule has 0 radical (unpaired) electrons. The fraction of sp³-hybridized carbons (Fsp3) is 0.500. The predicted molar refractivity (Wildman–Crippen MR) is 73.3 cm³/mol. The van der Waals surface area contributed by atoms with E-state index in [1.54, 1.807) is 6.20 Å². The molecule has 1 saturated heterocycles. The first-order valence-corrected chi connectivity index (χ1v) is 6.77. The summed E-state index contributed by atoms with van der Waals surface area (Å²) in [6.07, 6.45) is 3.64. The van der Waals surface area contributed by atoms with Crippen LogP contribution in [0, 0.1) is 0 Å². The third kappa shape index (κ3) is 1.80. The van der Waals surface area contributed by atoms with Crippen LogP contribution in [0.3, 0.4) is 0 Å². The molecule has 2 aromatic heterocycles. The molecule has 0 unspecified atom stereocenters. The van der Waals surface area contributed by atoms with Crippen LogP contribution in [-0.4, -0.2) is 27.7 Å². The minimum Gasteiger partial charge on any atom is -0.381 e. The van der Waals surface area contributed by atoms with Crippen molar-refractivity contribution >= 4 is 33.0 Å². The van der Waals surface area contributed by atoms with Gasteiger partial charge in [-0.1, -0.05) is 0 Å². The van der Waals surface area contributed by atoms with Gasteiger partial charge < -0.3 is 10.5 Å². The van der Waals surface area contributed by atoms with Gasteiger partial charge in [-0.25, -0.2) is 9.97 Å². The van der Waals surface area contributed by atoms with Gasteiger partial charge >= 0.3 is 0 Å². The van der Waals surface area contributed by atoms with Gasteiger partial charge in [-0.15, -0.1) is 0 Å². The van der Waals surface area contributed by atoms with Gasteiger partial charge in [-0.3, -0.25) is 4.57 Å². The van der Waals surface area contributed by atoms with Gasteiger partial charge in [0.25, 0.3) is 0 Å².